The van der Waals surface area contributed by atoms with Crippen LogP contribution in [0.2, 0.25) is 0 Å². The summed E-state index contributed by atoms with van der Waals surface area (Å²) in [5.74, 6) is -0.307. The van der Waals surface area contributed by atoms with E-state index in [4.69, 9.17) is 0 Å². The molecule has 1 N–H and O–H groups in total. The predicted octanol–water partition coefficient (Wildman–Crippen LogP) is 3.67. The van der Waals surface area contributed by atoms with Gasteiger partial charge in [0.25, 0.3) is 5.91 Å². The maximum atomic E-state index is 12.6. The Hall–Kier alpha value is -2.75. The van der Waals surface area contributed by atoms with Gasteiger partial charge in [0.1, 0.15) is 5.69 Å². The van der Waals surface area contributed by atoms with Crippen LogP contribution in [0.5, 0.6) is 0 Å². The maximum absolute atomic E-state index is 12.6. The van der Waals surface area contributed by atoms with Gasteiger partial charge in [-0.05, 0) is 18.4 Å². The molecule has 4 rings (SSSR count). The van der Waals surface area contributed by atoms with Crippen molar-refractivity contribution in [3.63, 3.8) is 0 Å². The van der Waals surface area contributed by atoms with Crippen molar-refractivity contribution in [3.05, 3.63) is 59.2 Å². The summed E-state index contributed by atoms with van der Waals surface area (Å²) in [6, 6.07) is 10.9. The van der Waals surface area contributed by atoms with Gasteiger partial charge in [0.05, 0.1) is 17.6 Å². The molecule has 0 aliphatic carbocycles. The summed E-state index contributed by atoms with van der Waals surface area (Å²) in [7, 11) is 0. The molecule has 1 aromatic carbocycles. The molecule has 1 saturated heterocycles. The largest absolute Gasteiger partial charge is 0.368 e. The molecule has 1 aliphatic rings. The van der Waals surface area contributed by atoms with E-state index >= 15 is 0 Å². The van der Waals surface area contributed by atoms with Crippen molar-refractivity contribution in [2.24, 2.45) is 0 Å². The molecule has 0 atom stereocenters. The fraction of sp³-hybridized carbons (Fsp3) is 0.238. The van der Waals surface area contributed by atoms with Crippen LogP contribution in [0.15, 0.2) is 48.0 Å². The third kappa shape index (κ3) is 4.53. The lowest BCUT2D eigenvalue weighted by Gasteiger charge is -2.34. The predicted molar refractivity (Wildman–Crippen MR) is 122 cm³/mol. The van der Waals surface area contributed by atoms with E-state index in [9.17, 15) is 9.59 Å². The van der Waals surface area contributed by atoms with Gasteiger partial charge in [-0.25, -0.2) is 14.3 Å². The summed E-state index contributed by atoms with van der Waals surface area (Å²) in [6.07, 6.45) is 4.65. The number of hydrogen-bond donors (Lipinski definition) is 1. The Kier molecular flexibility index (Phi) is 6.41. The summed E-state index contributed by atoms with van der Waals surface area (Å²) < 4.78 is 2.33. The van der Waals surface area contributed by atoms with E-state index in [1.54, 1.807) is 36.3 Å². The number of anilines is 2. The Labute approximate surface area is 183 Å². The average Bonchev–Trinajstić information content (AvgIpc) is 3.27. The van der Waals surface area contributed by atoms with E-state index in [0.717, 1.165) is 43.7 Å². The first-order chi connectivity index (χ1) is 14.7. The number of rotatable bonds is 6. The molecule has 2 aromatic heterocycles. The van der Waals surface area contributed by atoms with E-state index in [0.29, 0.717) is 22.1 Å². The number of nitrogens with one attached hydrogen (secondary N) is 1. The number of carbonyl (C=O) groups is 2. The molecule has 0 spiro atoms. The zero-order valence-electron chi connectivity index (χ0n) is 16.4. The van der Waals surface area contributed by atoms with E-state index in [1.807, 2.05) is 23.6 Å². The fourth-order valence-corrected chi connectivity index (χ4v) is 4.52. The molecule has 3 heterocycles. The van der Waals surface area contributed by atoms with Gasteiger partial charge in [0.15, 0.2) is 11.4 Å². The lowest BCUT2D eigenvalue weighted by Crippen LogP contribution is -2.43. The molecular formula is C21H21N5O2S2. The number of pyridine rings is 1. The molecule has 9 heteroatoms. The van der Waals surface area contributed by atoms with Crippen LogP contribution in [0.4, 0.5) is 10.8 Å². The molecule has 0 unspecified atom stereocenters. The zero-order valence-corrected chi connectivity index (χ0v) is 18.1. The van der Waals surface area contributed by atoms with Crippen molar-refractivity contribution in [1.82, 2.24) is 14.3 Å². The third-order valence-electron chi connectivity index (χ3n) is 4.93. The van der Waals surface area contributed by atoms with Gasteiger partial charge >= 0.3 is 0 Å². The van der Waals surface area contributed by atoms with Crippen LogP contribution in [-0.2, 0) is 0 Å². The van der Waals surface area contributed by atoms with Crippen molar-refractivity contribution in [2.75, 3.05) is 42.7 Å². The molecule has 7 nitrogen and oxygen atoms in total. The monoisotopic (exact) mass is 439 g/mol. The lowest BCUT2D eigenvalue weighted by atomic mass is 10.1. The minimum atomic E-state index is -0.307. The highest BCUT2D eigenvalue weighted by atomic mass is 32.2. The molecular weight excluding hydrogens is 418 g/mol. The van der Waals surface area contributed by atoms with Crippen LogP contribution in [-0.4, -0.2) is 58.9 Å². The average molecular weight is 440 g/mol. The van der Waals surface area contributed by atoms with Crippen LogP contribution in [0.3, 0.4) is 0 Å². The molecule has 1 amide bonds. The zero-order chi connectivity index (χ0) is 20.9. The Morgan fingerprint density at radius 3 is 2.67 bits per heavy atom. The molecule has 3 aromatic rings. The topological polar surface area (TPSA) is 78.4 Å². The molecule has 0 saturated carbocycles. The molecule has 1 fully saturated rings. The van der Waals surface area contributed by atoms with Crippen molar-refractivity contribution >= 4 is 46.3 Å². The van der Waals surface area contributed by atoms with Crippen molar-refractivity contribution < 1.29 is 9.59 Å². The van der Waals surface area contributed by atoms with Crippen molar-refractivity contribution in [2.45, 2.75) is 0 Å². The highest BCUT2D eigenvalue weighted by Crippen LogP contribution is 2.27. The Morgan fingerprint density at radius 1 is 1.17 bits per heavy atom. The smallest absolute Gasteiger partial charge is 0.276 e. The summed E-state index contributed by atoms with van der Waals surface area (Å²) in [4.78, 5) is 34.9. The lowest BCUT2D eigenvalue weighted by molar-refractivity contribution is 0.102. The Morgan fingerprint density at radius 2 is 1.97 bits per heavy atom. The number of amides is 1. The number of aldehydes is 1. The van der Waals surface area contributed by atoms with Crippen molar-refractivity contribution in [3.8, 4) is 11.3 Å². The van der Waals surface area contributed by atoms with E-state index in [1.165, 1.54) is 11.3 Å². The molecule has 0 radical (unpaired) electrons. The highest BCUT2D eigenvalue weighted by molar-refractivity contribution is 7.96. The van der Waals surface area contributed by atoms with Gasteiger partial charge in [0, 0.05) is 42.7 Å². The SMILES string of the molecule is CSN1CCN(c2ccc(C(=O)Nc3nc(-c4ccccc4C=O)cs3)nc2)CC1. The van der Waals surface area contributed by atoms with Gasteiger partial charge in [-0.2, -0.15) is 0 Å². The van der Waals surface area contributed by atoms with Crippen LogP contribution < -0.4 is 10.2 Å². The van der Waals surface area contributed by atoms with Crippen LogP contribution >= 0.6 is 23.3 Å². The minimum absolute atomic E-state index is 0.307. The first kappa shape index (κ1) is 20.5. The van der Waals surface area contributed by atoms with E-state index in [2.05, 4.69) is 30.7 Å². The number of carbonyl (C=O) groups excluding carboxylic acids is 2. The summed E-state index contributed by atoms with van der Waals surface area (Å²) in [5, 5.41) is 5.08. The second-order valence-corrected chi connectivity index (χ2v) is 8.44. The standard InChI is InChI=1S/C21H21N5O2S2/c1-29-26-10-8-25(9-11-26)16-6-7-18(22-12-16)20(28)24-21-23-19(14-30-21)17-5-3-2-4-15(17)13-27/h2-7,12-14H,8-11H2,1H3,(H,23,24,28). The first-order valence-electron chi connectivity index (χ1n) is 9.49. The Balaban J connectivity index is 1.41. The first-order valence-corrected chi connectivity index (χ1v) is 11.6. The van der Waals surface area contributed by atoms with Crippen molar-refractivity contribution in [1.29, 1.82) is 0 Å². The second-order valence-electron chi connectivity index (χ2n) is 6.70. The van der Waals surface area contributed by atoms with Crippen LogP contribution in [0, 0.1) is 0 Å². The quantitative estimate of drug-likeness (QED) is 0.464. The van der Waals surface area contributed by atoms with Gasteiger partial charge in [-0.15, -0.1) is 11.3 Å². The fourth-order valence-electron chi connectivity index (χ4n) is 3.29. The number of piperazine rings is 1. The number of thiazole rings is 1. The van der Waals surface area contributed by atoms with Gasteiger partial charge in [-0.1, -0.05) is 36.2 Å². The highest BCUT2D eigenvalue weighted by Gasteiger charge is 2.18. The second kappa shape index (κ2) is 9.38. The third-order valence-corrected chi connectivity index (χ3v) is 6.57. The number of aromatic nitrogens is 2. The molecule has 1 aliphatic heterocycles. The number of benzene rings is 1. The minimum Gasteiger partial charge on any atom is -0.368 e. The number of hydrogen-bond acceptors (Lipinski definition) is 8. The Bertz CT molecular complexity index is 1030. The van der Waals surface area contributed by atoms with Gasteiger partial charge in [-0.3, -0.25) is 14.9 Å². The van der Waals surface area contributed by atoms with E-state index < -0.39 is 0 Å². The normalized spacial score (nSPS) is 14.5. The summed E-state index contributed by atoms with van der Waals surface area (Å²) in [5.41, 5.74) is 3.33. The number of nitrogens with zero attached hydrogens (tertiary/aromatic N) is 4. The van der Waals surface area contributed by atoms with E-state index in [-0.39, 0.29) is 5.91 Å². The maximum Gasteiger partial charge on any atom is 0.276 e. The van der Waals surface area contributed by atoms with Gasteiger partial charge < -0.3 is 4.90 Å². The van der Waals surface area contributed by atoms with Crippen LogP contribution in [0.1, 0.15) is 20.8 Å². The van der Waals surface area contributed by atoms with Gasteiger partial charge in [0.2, 0.25) is 0 Å². The molecule has 154 valence electrons. The summed E-state index contributed by atoms with van der Waals surface area (Å²) >= 11 is 3.08. The molecule has 0 bridgehead atoms. The molecule has 30 heavy (non-hydrogen) atoms. The van der Waals surface area contributed by atoms with Crippen LogP contribution in [0.25, 0.3) is 11.3 Å². The summed E-state index contributed by atoms with van der Waals surface area (Å²) in [6.45, 7) is 3.89.